The van der Waals surface area contributed by atoms with E-state index in [-0.39, 0.29) is 18.0 Å². The van der Waals surface area contributed by atoms with E-state index in [0.29, 0.717) is 19.5 Å². The van der Waals surface area contributed by atoms with Gasteiger partial charge in [0.1, 0.15) is 11.8 Å². The van der Waals surface area contributed by atoms with Gasteiger partial charge in [-0.3, -0.25) is 4.79 Å². The first-order valence-corrected chi connectivity index (χ1v) is 8.41. The Hall–Kier alpha value is -2.06. The van der Waals surface area contributed by atoms with E-state index in [4.69, 9.17) is 10.00 Å². The Kier molecular flexibility index (Phi) is 4.82. The van der Waals surface area contributed by atoms with Gasteiger partial charge in [-0.25, -0.2) is 0 Å². The predicted octanol–water partition coefficient (Wildman–Crippen LogP) is 2.00. The number of nitrogens with one attached hydrogen (secondary N) is 1. The number of carbonyl (C=O) groups is 1. The maximum Gasteiger partial charge on any atom is 0.241 e. The van der Waals surface area contributed by atoms with E-state index in [1.165, 1.54) is 11.1 Å². The van der Waals surface area contributed by atoms with Crippen molar-refractivity contribution < 1.29 is 9.53 Å². The quantitative estimate of drug-likeness (QED) is 0.923. The molecule has 0 aromatic heterocycles. The molecule has 2 aliphatic rings. The summed E-state index contributed by atoms with van der Waals surface area (Å²) in [5, 5.41) is 12.5. The zero-order chi connectivity index (χ0) is 16.2. The fraction of sp³-hybridized carbons (Fsp3) is 0.556. The molecule has 1 saturated heterocycles. The number of hydrogen-bond donors (Lipinski definition) is 1. The molecule has 5 nitrogen and oxygen atoms in total. The van der Waals surface area contributed by atoms with Gasteiger partial charge in [-0.2, -0.15) is 5.26 Å². The van der Waals surface area contributed by atoms with Crippen LogP contribution in [0.25, 0.3) is 0 Å². The minimum Gasteiger partial charge on any atom is -0.494 e. The number of amides is 1. The molecular weight excluding hydrogens is 290 g/mol. The van der Waals surface area contributed by atoms with Gasteiger partial charge in [-0.05, 0) is 48.9 Å². The molecule has 1 aromatic rings. The lowest BCUT2D eigenvalue weighted by Gasteiger charge is -2.30. The van der Waals surface area contributed by atoms with Crippen LogP contribution in [0.1, 0.15) is 37.3 Å². The second kappa shape index (κ2) is 7.01. The molecule has 0 aliphatic carbocycles. The number of rotatable bonds is 4. The van der Waals surface area contributed by atoms with Crippen molar-refractivity contribution in [3.05, 3.63) is 29.3 Å². The Morgan fingerprint density at radius 3 is 3.13 bits per heavy atom. The fourth-order valence-corrected chi connectivity index (χ4v) is 3.34. The maximum atomic E-state index is 12.7. The SMILES string of the molecule is CCCOc1ccc2c(c1)CN[C@H](C(=O)N1CCC[C@H]1C#N)C2. The van der Waals surface area contributed by atoms with Gasteiger partial charge in [0.05, 0.1) is 18.7 Å². The van der Waals surface area contributed by atoms with Crippen LogP contribution in [0.4, 0.5) is 0 Å². The number of hydrogen-bond acceptors (Lipinski definition) is 4. The zero-order valence-corrected chi connectivity index (χ0v) is 13.5. The Balaban J connectivity index is 1.68. The van der Waals surface area contributed by atoms with Crippen molar-refractivity contribution in [3.8, 4) is 11.8 Å². The van der Waals surface area contributed by atoms with Crippen LogP contribution in [0.2, 0.25) is 0 Å². The summed E-state index contributed by atoms with van der Waals surface area (Å²) in [6, 6.07) is 7.87. The summed E-state index contributed by atoms with van der Waals surface area (Å²) in [7, 11) is 0. The van der Waals surface area contributed by atoms with Gasteiger partial charge in [0.25, 0.3) is 0 Å². The molecule has 2 aliphatic heterocycles. The first-order chi connectivity index (χ1) is 11.2. The molecule has 2 heterocycles. The topological polar surface area (TPSA) is 65.4 Å². The van der Waals surface area contributed by atoms with E-state index < -0.39 is 0 Å². The summed E-state index contributed by atoms with van der Waals surface area (Å²) >= 11 is 0. The van der Waals surface area contributed by atoms with Gasteiger partial charge >= 0.3 is 0 Å². The normalized spacial score (nSPS) is 23.2. The molecule has 1 amide bonds. The second-order valence-corrected chi connectivity index (χ2v) is 6.24. The molecule has 5 heteroatoms. The number of fused-ring (bicyclic) bond motifs is 1. The minimum absolute atomic E-state index is 0.0611. The molecule has 0 saturated carbocycles. The molecule has 0 radical (unpaired) electrons. The predicted molar refractivity (Wildman–Crippen MR) is 86.9 cm³/mol. The molecular formula is C18H23N3O2. The van der Waals surface area contributed by atoms with Crippen molar-refractivity contribution in [1.29, 1.82) is 5.26 Å². The number of likely N-dealkylation sites (tertiary alicyclic amines) is 1. The number of benzene rings is 1. The van der Waals surface area contributed by atoms with Crippen LogP contribution in [0.3, 0.4) is 0 Å². The number of ether oxygens (including phenoxy) is 1. The van der Waals surface area contributed by atoms with Crippen molar-refractivity contribution in [2.24, 2.45) is 0 Å². The largest absolute Gasteiger partial charge is 0.494 e. The standard InChI is InChI=1S/C18H23N3O2/c1-2-8-23-16-6-5-13-10-17(20-12-14(13)9-16)18(22)21-7-3-4-15(21)11-19/h5-6,9,15,17,20H,2-4,7-8,10,12H2,1H3/t15-,17-/m0/s1. The summed E-state index contributed by atoms with van der Waals surface area (Å²) in [4.78, 5) is 14.4. The Labute approximate surface area is 137 Å². The lowest BCUT2D eigenvalue weighted by atomic mass is 9.94. The van der Waals surface area contributed by atoms with Crippen molar-refractivity contribution in [2.75, 3.05) is 13.2 Å². The van der Waals surface area contributed by atoms with Gasteiger partial charge in [0, 0.05) is 13.1 Å². The van der Waals surface area contributed by atoms with Crippen LogP contribution in [-0.4, -0.2) is 36.0 Å². The highest BCUT2D eigenvalue weighted by Crippen LogP contribution is 2.25. The summed E-state index contributed by atoms with van der Waals surface area (Å²) in [6.45, 7) is 4.17. The van der Waals surface area contributed by atoms with E-state index in [0.717, 1.165) is 31.6 Å². The molecule has 0 bridgehead atoms. The molecule has 1 aromatic carbocycles. The van der Waals surface area contributed by atoms with Crippen LogP contribution in [-0.2, 0) is 17.8 Å². The first kappa shape index (κ1) is 15.8. The molecule has 23 heavy (non-hydrogen) atoms. The van der Waals surface area contributed by atoms with Crippen LogP contribution in [0, 0.1) is 11.3 Å². The smallest absolute Gasteiger partial charge is 0.241 e. The van der Waals surface area contributed by atoms with Gasteiger partial charge in [0.15, 0.2) is 0 Å². The van der Waals surface area contributed by atoms with E-state index in [1.54, 1.807) is 4.90 Å². The van der Waals surface area contributed by atoms with Crippen LogP contribution < -0.4 is 10.1 Å². The average molecular weight is 313 g/mol. The van der Waals surface area contributed by atoms with Crippen molar-refractivity contribution in [3.63, 3.8) is 0 Å². The van der Waals surface area contributed by atoms with Gasteiger partial charge in [0.2, 0.25) is 5.91 Å². The molecule has 0 unspecified atom stereocenters. The summed E-state index contributed by atoms with van der Waals surface area (Å²) in [5.41, 5.74) is 2.39. The van der Waals surface area contributed by atoms with Crippen molar-refractivity contribution >= 4 is 5.91 Å². The third-order valence-corrected chi connectivity index (χ3v) is 4.60. The van der Waals surface area contributed by atoms with Crippen LogP contribution in [0.15, 0.2) is 18.2 Å². The fourth-order valence-electron chi connectivity index (χ4n) is 3.34. The van der Waals surface area contributed by atoms with Gasteiger partial charge < -0.3 is 15.0 Å². The van der Waals surface area contributed by atoms with E-state index in [1.807, 2.05) is 6.07 Å². The highest BCUT2D eigenvalue weighted by atomic mass is 16.5. The molecule has 122 valence electrons. The lowest BCUT2D eigenvalue weighted by Crippen LogP contribution is -2.50. The minimum atomic E-state index is -0.254. The van der Waals surface area contributed by atoms with E-state index in [2.05, 4.69) is 30.4 Å². The van der Waals surface area contributed by atoms with Gasteiger partial charge in [-0.1, -0.05) is 13.0 Å². The lowest BCUT2D eigenvalue weighted by molar-refractivity contribution is -0.133. The summed E-state index contributed by atoms with van der Waals surface area (Å²) in [6.07, 6.45) is 3.38. The third-order valence-electron chi connectivity index (χ3n) is 4.60. The monoisotopic (exact) mass is 313 g/mol. The molecule has 1 fully saturated rings. The second-order valence-electron chi connectivity index (χ2n) is 6.24. The number of nitriles is 1. The third kappa shape index (κ3) is 3.32. The highest BCUT2D eigenvalue weighted by molar-refractivity contribution is 5.83. The highest BCUT2D eigenvalue weighted by Gasteiger charge is 2.34. The Bertz CT molecular complexity index is 623. The molecule has 1 N–H and O–H groups in total. The zero-order valence-electron chi connectivity index (χ0n) is 13.5. The van der Waals surface area contributed by atoms with Crippen molar-refractivity contribution in [2.45, 2.75) is 51.2 Å². The summed E-state index contributed by atoms with van der Waals surface area (Å²) in [5.74, 6) is 0.951. The molecule has 3 rings (SSSR count). The number of nitrogens with zero attached hydrogens (tertiary/aromatic N) is 2. The maximum absolute atomic E-state index is 12.7. The van der Waals surface area contributed by atoms with Crippen LogP contribution in [0.5, 0.6) is 5.75 Å². The Morgan fingerprint density at radius 2 is 2.35 bits per heavy atom. The van der Waals surface area contributed by atoms with E-state index in [9.17, 15) is 4.79 Å². The Morgan fingerprint density at radius 1 is 1.48 bits per heavy atom. The van der Waals surface area contributed by atoms with E-state index >= 15 is 0 Å². The van der Waals surface area contributed by atoms with Crippen LogP contribution >= 0.6 is 0 Å². The molecule has 2 atom stereocenters. The first-order valence-electron chi connectivity index (χ1n) is 8.41. The molecule has 0 spiro atoms. The number of carbonyl (C=O) groups excluding carboxylic acids is 1. The summed E-state index contributed by atoms with van der Waals surface area (Å²) < 4.78 is 5.67. The van der Waals surface area contributed by atoms with Gasteiger partial charge in [-0.15, -0.1) is 0 Å². The average Bonchev–Trinajstić information content (AvgIpc) is 3.07. The van der Waals surface area contributed by atoms with Crippen molar-refractivity contribution in [1.82, 2.24) is 10.2 Å².